The molecule has 0 bridgehead atoms. The Morgan fingerprint density at radius 3 is 2.41 bits per heavy atom. The van der Waals surface area contributed by atoms with Gasteiger partial charge >= 0.3 is 5.97 Å². The van der Waals surface area contributed by atoms with Gasteiger partial charge in [0.25, 0.3) is 12.9 Å². The number of thiazole rings is 1. The Morgan fingerprint density at radius 1 is 1.06 bits per heavy atom. The topological polar surface area (TPSA) is 77.3 Å². The van der Waals surface area contributed by atoms with Crippen LogP contribution in [0.3, 0.4) is 0 Å². The normalized spacial score (nSPS) is 18.1. The molecule has 1 amide bonds. The molecule has 2 aliphatic rings. The van der Waals surface area contributed by atoms with Gasteiger partial charge in [-0.2, -0.15) is 5.10 Å². The zero-order chi connectivity index (χ0) is 24.2. The maximum Gasteiger partial charge on any atom is 0.358 e. The van der Waals surface area contributed by atoms with Crippen LogP contribution in [-0.2, 0) is 16.1 Å². The van der Waals surface area contributed by atoms with Crippen LogP contribution in [0, 0.1) is 0 Å². The number of aromatic nitrogens is 3. The fraction of sp³-hybridized carbons (Fsp3) is 0.636. The third-order valence-corrected chi connectivity index (χ3v) is 7.32. The number of esters is 1. The summed E-state index contributed by atoms with van der Waals surface area (Å²) in [5.41, 5.74) is -1.17. The number of carbonyl (C=O) groups excluding carboxylic acids is 2. The molecule has 2 aromatic rings. The molecule has 2 fully saturated rings. The highest BCUT2D eigenvalue weighted by atomic mass is 32.1. The first kappa shape index (κ1) is 24.6. The van der Waals surface area contributed by atoms with Crippen molar-refractivity contribution in [2.24, 2.45) is 0 Å². The first-order valence-electron chi connectivity index (χ1n) is 11.4. The van der Waals surface area contributed by atoms with Gasteiger partial charge in [-0.25, -0.2) is 27.3 Å². The zero-order valence-electron chi connectivity index (χ0n) is 18.5. The average Bonchev–Trinajstić information content (AvgIpc) is 3.48. The van der Waals surface area contributed by atoms with Crippen LogP contribution in [0.2, 0.25) is 0 Å². The second-order valence-electron chi connectivity index (χ2n) is 8.64. The maximum absolute atomic E-state index is 13.2. The number of hydrogen-bond donors (Lipinski definition) is 0. The number of piperidine rings is 1. The standard InChI is InChI=1S/C22H26F4N4O3S/c23-19(24)15-10-17(20(25)26)30(28-15)11-18(31)29-8-6-13(7-9-29)21-27-16(12-34-21)22(32)33-14-4-2-1-3-5-14/h10,12-14,19-20H,1-9,11H2. The first-order chi connectivity index (χ1) is 16.3. The zero-order valence-corrected chi connectivity index (χ0v) is 19.3. The number of rotatable bonds is 7. The van der Waals surface area contributed by atoms with E-state index < -0.39 is 42.7 Å². The molecule has 186 valence electrons. The van der Waals surface area contributed by atoms with Gasteiger partial charge in [0.1, 0.15) is 24.0 Å². The molecule has 34 heavy (non-hydrogen) atoms. The molecular weight excluding hydrogens is 476 g/mol. The lowest BCUT2D eigenvalue weighted by molar-refractivity contribution is -0.133. The van der Waals surface area contributed by atoms with Crippen LogP contribution in [0.4, 0.5) is 17.6 Å². The molecule has 0 aromatic carbocycles. The molecule has 0 radical (unpaired) electrons. The summed E-state index contributed by atoms with van der Waals surface area (Å²) >= 11 is 1.39. The van der Waals surface area contributed by atoms with Crippen LogP contribution in [0.15, 0.2) is 11.4 Å². The maximum atomic E-state index is 13.2. The second kappa shape index (κ2) is 10.8. The Hall–Kier alpha value is -2.50. The van der Waals surface area contributed by atoms with Gasteiger partial charge in [0.2, 0.25) is 5.91 Å². The molecule has 4 rings (SSSR count). The van der Waals surface area contributed by atoms with Gasteiger partial charge in [0.05, 0.1) is 5.01 Å². The number of likely N-dealkylation sites (tertiary alicyclic amines) is 1. The molecule has 1 saturated heterocycles. The van der Waals surface area contributed by atoms with E-state index in [1.807, 2.05) is 0 Å². The molecule has 0 atom stereocenters. The summed E-state index contributed by atoms with van der Waals surface area (Å²) in [6.45, 7) is 0.224. The molecule has 0 spiro atoms. The van der Waals surface area contributed by atoms with Crippen LogP contribution in [-0.4, -0.2) is 50.7 Å². The van der Waals surface area contributed by atoms with Crippen molar-refractivity contribution in [2.45, 2.75) is 76.4 Å². The Morgan fingerprint density at radius 2 is 1.76 bits per heavy atom. The van der Waals surface area contributed by atoms with E-state index in [1.165, 1.54) is 22.7 Å². The van der Waals surface area contributed by atoms with Crippen LogP contribution in [0.1, 0.15) is 90.6 Å². The highest BCUT2D eigenvalue weighted by molar-refractivity contribution is 7.09. The molecule has 1 aliphatic carbocycles. The number of alkyl halides is 4. The third kappa shape index (κ3) is 5.76. The van der Waals surface area contributed by atoms with E-state index in [9.17, 15) is 27.2 Å². The van der Waals surface area contributed by atoms with Gasteiger partial charge < -0.3 is 9.64 Å². The molecular formula is C22H26F4N4O3S. The van der Waals surface area contributed by atoms with Gasteiger partial charge in [0.15, 0.2) is 5.69 Å². The van der Waals surface area contributed by atoms with E-state index in [4.69, 9.17) is 4.74 Å². The van der Waals surface area contributed by atoms with Crippen molar-refractivity contribution >= 4 is 23.2 Å². The number of carbonyl (C=O) groups is 2. The molecule has 3 heterocycles. The molecule has 1 saturated carbocycles. The summed E-state index contributed by atoms with van der Waals surface area (Å²) < 4.78 is 58.2. The van der Waals surface area contributed by atoms with E-state index in [0.29, 0.717) is 42.4 Å². The van der Waals surface area contributed by atoms with Gasteiger partial charge in [-0.05, 0) is 44.6 Å². The fourth-order valence-corrected chi connectivity index (χ4v) is 5.39. The number of hydrogen-bond acceptors (Lipinski definition) is 6. The van der Waals surface area contributed by atoms with Crippen LogP contribution >= 0.6 is 11.3 Å². The van der Waals surface area contributed by atoms with E-state index in [2.05, 4.69) is 10.1 Å². The minimum Gasteiger partial charge on any atom is -0.458 e. The Balaban J connectivity index is 1.30. The van der Waals surface area contributed by atoms with Gasteiger partial charge in [-0.1, -0.05) is 6.42 Å². The van der Waals surface area contributed by atoms with Gasteiger partial charge in [-0.3, -0.25) is 9.48 Å². The van der Waals surface area contributed by atoms with Gasteiger partial charge in [-0.15, -0.1) is 11.3 Å². The van der Waals surface area contributed by atoms with Crippen LogP contribution < -0.4 is 0 Å². The predicted octanol–water partition coefficient (Wildman–Crippen LogP) is 5.11. The van der Waals surface area contributed by atoms with Crippen LogP contribution in [0.5, 0.6) is 0 Å². The minimum atomic E-state index is -3.01. The summed E-state index contributed by atoms with van der Waals surface area (Å²) in [6.07, 6.45) is 0.212. The van der Waals surface area contributed by atoms with Crippen molar-refractivity contribution < 1.29 is 31.9 Å². The molecule has 12 heteroatoms. The highest BCUT2D eigenvalue weighted by Gasteiger charge is 2.29. The molecule has 2 aromatic heterocycles. The fourth-order valence-electron chi connectivity index (χ4n) is 4.43. The number of amides is 1. The number of nitrogens with zero attached hydrogens (tertiary/aromatic N) is 4. The molecule has 7 nitrogen and oxygen atoms in total. The summed E-state index contributed by atoms with van der Waals surface area (Å²) in [5.74, 6) is -0.795. The van der Waals surface area contributed by atoms with Crippen molar-refractivity contribution in [3.63, 3.8) is 0 Å². The highest BCUT2D eigenvalue weighted by Crippen LogP contribution is 2.31. The van der Waals surface area contributed by atoms with Crippen molar-refractivity contribution in [3.8, 4) is 0 Å². The Bertz CT molecular complexity index is 998. The summed E-state index contributed by atoms with van der Waals surface area (Å²) in [4.78, 5) is 31.0. The summed E-state index contributed by atoms with van der Waals surface area (Å²) in [6, 6.07) is 0.633. The Labute approximate surface area is 198 Å². The summed E-state index contributed by atoms with van der Waals surface area (Å²) in [5, 5.41) is 5.98. The smallest absolute Gasteiger partial charge is 0.358 e. The second-order valence-corrected chi connectivity index (χ2v) is 9.53. The SMILES string of the molecule is O=C(OC1CCCCC1)c1csc(C2CCN(C(=O)Cn3nc(C(F)F)cc3C(F)F)CC2)n1. The van der Waals surface area contributed by atoms with E-state index in [-0.39, 0.29) is 12.0 Å². The first-order valence-corrected chi connectivity index (χ1v) is 12.3. The Kier molecular flexibility index (Phi) is 7.84. The summed E-state index contributed by atoms with van der Waals surface area (Å²) in [7, 11) is 0. The third-order valence-electron chi connectivity index (χ3n) is 6.32. The van der Waals surface area contributed by atoms with Gasteiger partial charge in [0, 0.05) is 24.4 Å². The van der Waals surface area contributed by atoms with Crippen molar-refractivity contribution in [1.29, 1.82) is 0 Å². The number of halogens is 4. The molecule has 0 unspecified atom stereocenters. The number of ether oxygens (including phenoxy) is 1. The average molecular weight is 503 g/mol. The largest absolute Gasteiger partial charge is 0.458 e. The molecule has 1 aliphatic heterocycles. The van der Waals surface area contributed by atoms with Crippen molar-refractivity contribution in [1.82, 2.24) is 19.7 Å². The minimum absolute atomic E-state index is 0.0437. The monoisotopic (exact) mass is 502 g/mol. The van der Waals surface area contributed by atoms with Crippen LogP contribution in [0.25, 0.3) is 0 Å². The van der Waals surface area contributed by atoms with E-state index in [0.717, 1.165) is 30.7 Å². The lowest BCUT2D eigenvalue weighted by atomic mass is 9.97. The lowest BCUT2D eigenvalue weighted by Crippen LogP contribution is -2.40. The van der Waals surface area contributed by atoms with E-state index >= 15 is 0 Å². The van der Waals surface area contributed by atoms with Crippen molar-refractivity contribution in [2.75, 3.05) is 13.1 Å². The van der Waals surface area contributed by atoms with Crippen molar-refractivity contribution in [3.05, 3.63) is 33.5 Å². The predicted molar refractivity (Wildman–Crippen MR) is 115 cm³/mol. The lowest BCUT2D eigenvalue weighted by Gasteiger charge is -2.31. The quantitative estimate of drug-likeness (QED) is 0.389. The van der Waals surface area contributed by atoms with E-state index in [1.54, 1.807) is 5.38 Å². The molecule has 0 N–H and O–H groups in total.